The first-order valence-corrected chi connectivity index (χ1v) is 9.90. The van der Waals surface area contributed by atoms with Crippen molar-refractivity contribution in [3.63, 3.8) is 0 Å². The van der Waals surface area contributed by atoms with Crippen molar-refractivity contribution in [2.45, 2.75) is 57.0 Å². The van der Waals surface area contributed by atoms with Crippen LogP contribution in [0.3, 0.4) is 0 Å². The maximum absolute atomic E-state index is 13.0. The molecule has 136 valence electrons. The maximum atomic E-state index is 13.0. The Morgan fingerprint density at radius 2 is 1.77 bits per heavy atom. The summed E-state index contributed by atoms with van der Waals surface area (Å²) in [6.45, 7) is 0.816. The zero-order valence-corrected chi connectivity index (χ0v) is 15.2. The van der Waals surface area contributed by atoms with E-state index in [1.807, 2.05) is 47.5 Å². The molecule has 1 aliphatic heterocycles. The summed E-state index contributed by atoms with van der Waals surface area (Å²) in [6.07, 6.45) is 10.3. The first kappa shape index (κ1) is 17.1. The van der Waals surface area contributed by atoms with Gasteiger partial charge in [0.1, 0.15) is 5.82 Å². The largest absolute Gasteiger partial charge is 0.367 e. The molecule has 2 heterocycles. The van der Waals surface area contributed by atoms with Gasteiger partial charge in [-0.3, -0.25) is 4.79 Å². The Morgan fingerprint density at radius 1 is 0.962 bits per heavy atom. The van der Waals surface area contributed by atoms with E-state index in [1.54, 1.807) is 0 Å². The number of aromatic nitrogens is 1. The average molecular weight is 349 g/mol. The molecule has 4 rings (SSSR count). The molecule has 1 atom stereocenters. The molecule has 1 saturated carbocycles. The van der Waals surface area contributed by atoms with Gasteiger partial charge in [0, 0.05) is 29.9 Å². The topological polar surface area (TPSA) is 45.2 Å². The zero-order chi connectivity index (χ0) is 17.8. The van der Waals surface area contributed by atoms with Crippen molar-refractivity contribution in [2.75, 3.05) is 11.9 Å². The van der Waals surface area contributed by atoms with E-state index >= 15 is 0 Å². The maximum Gasteiger partial charge on any atom is 0.254 e. The van der Waals surface area contributed by atoms with Gasteiger partial charge < -0.3 is 10.2 Å². The summed E-state index contributed by atoms with van der Waals surface area (Å²) < 4.78 is 0. The van der Waals surface area contributed by atoms with E-state index in [9.17, 15) is 4.79 Å². The smallest absolute Gasteiger partial charge is 0.254 e. The first-order valence-electron chi connectivity index (χ1n) is 9.90. The van der Waals surface area contributed by atoms with Crippen LogP contribution < -0.4 is 5.32 Å². The van der Waals surface area contributed by atoms with Crippen LogP contribution in [0.4, 0.5) is 5.82 Å². The van der Waals surface area contributed by atoms with Crippen molar-refractivity contribution in [3.8, 4) is 0 Å². The number of carbonyl (C=O) groups excluding carboxylic acids is 1. The third-order valence-corrected chi connectivity index (χ3v) is 5.68. The molecule has 4 nitrogen and oxygen atoms in total. The monoisotopic (exact) mass is 349 g/mol. The van der Waals surface area contributed by atoms with Gasteiger partial charge in [-0.1, -0.05) is 43.5 Å². The van der Waals surface area contributed by atoms with Crippen LogP contribution in [0.5, 0.6) is 0 Å². The molecule has 1 aliphatic carbocycles. The highest BCUT2D eigenvalue weighted by Gasteiger charge is 2.32. The molecule has 1 aromatic carbocycles. The number of nitrogens with one attached hydrogen (secondary N) is 1. The summed E-state index contributed by atoms with van der Waals surface area (Å²) in [5.74, 6) is 1.10. The lowest BCUT2D eigenvalue weighted by molar-refractivity contribution is 0.0736. The van der Waals surface area contributed by atoms with Crippen LogP contribution in [-0.2, 0) is 0 Å². The van der Waals surface area contributed by atoms with Crippen LogP contribution in [0.1, 0.15) is 66.9 Å². The second kappa shape index (κ2) is 7.90. The minimum Gasteiger partial charge on any atom is -0.367 e. The molecule has 1 saturated heterocycles. The minimum atomic E-state index is 0.113. The van der Waals surface area contributed by atoms with E-state index in [4.69, 9.17) is 0 Å². The third kappa shape index (κ3) is 3.59. The van der Waals surface area contributed by atoms with Crippen molar-refractivity contribution in [2.24, 2.45) is 0 Å². The molecule has 2 aromatic rings. The second-order valence-electron chi connectivity index (χ2n) is 7.44. The van der Waals surface area contributed by atoms with E-state index < -0.39 is 0 Å². The fourth-order valence-electron chi connectivity index (χ4n) is 4.33. The highest BCUT2D eigenvalue weighted by atomic mass is 16.2. The van der Waals surface area contributed by atoms with Gasteiger partial charge in [-0.05, 0) is 43.9 Å². The Kier molecular flexibility index (Phi) is 5.19. The number of nitrogens with zero attached hydrogens (tertiary/aromatic N) is 2. The van der Waals surface area contributed by atoms with Gasteiger partial charge in [0.05, 0.1) is 6.04 Å². The summed E-state index contributed by atoms with van der Waals surface area (Å²) in [7, 11) is 0. The summed E-state index contributed by atoms with van der Waals surface area (Å²) in [6, 6.07) is 14.4. The highest BCUT2D eigenvalue weighted by molar-refractivity contribution is 5.94. The van der Waals surface area contributed by atoms with E-state index in [0.717, 1.165) is 30.8 Å². The van der Waals surface area contributed by atoms with Crippen molar-refractivity contribution in [3.05, 3.63) is 59.8 Å². The molecular weight excluding hydrogens is 322 g/mol. The fraction of sp³-hybridized carbons (Fsp3) is 0.455. The van der Waals surface area contributed by atoms with Gasteiger partial charge in [0.25, 0.3) is 5.91 Å². The molecule has 0 bridgehead atoms. The number of pyridine rings is 1. The molecule has 0 radical (unpaired) electrons. The molecule has 4 heteroatoms. The van der Waals surface area contributed by atoms with E-state index in [-0.39, 0.29) is 11.9 Å². The van der Waals surface area contributed by atoms with Gasteiger partial charge in [-0.25, -0.2) is 4.98 Å². The molecular formula is C22H27N3O. The van der Waals surface area contributed by atoms with Crippen molar-refractivity contribution in [1.29, 1.82) is 0 Å². The normalized spacial score (nSPS) is 20.9. The lowest BCUT2D eigenvalue weighted by atomic mass is 9.95. The van der Waals surface area contributed by atoms with E-state index in [2.05, 4.69) is 16.4 Å². The van der Waals surface area contributed by atoms with Gasteiger partial charge >= 0.3 is 0 Å². The Labute approximate surface area is 155 Å². The molecule has 2 aliphatic rings. The van der Waals surface area contributed by atoms with Crippen molar-refractivity contribution >= 4 is 11.7 Å². The second-order valence-corrected chi connectivity index (χ2v) is 7.44. The molecule has 1 unspecified atom stereocenters. The van der Waals surface area contributed by atoms with Gasteiger partial charge in [0.2, 0.25) is 0 Å². The van der Waals surface area contributed by atoms with E-state index in [1.165, 1.54) is 37.7 Å². The SMILES string of the molecule is O=C(c1ccccc1)N1CCCC1c1cccnc1NC1CCCCC1. The molecule has 26 heavy (non-hydrogen) atoms. The Hall–Kier alpha value is -2.36. The number of anilines is 1. The lowest BCUT2D eigenvalue weighted by Crippen LogP contribution is -2.31. The van der Waals surface area contributed by atoms with Crippen LogP contribution in [-0.4, -0.2) is 28.4 Å². The standard InChI is InChI=1S/C22H27N3O/c26-22(17-9-3-1-4-10-17)25-16-8-14-20(25)19-13-7-15-23-21(19)24-18-11-5-2-6-12-18/h1,3-4,7,9-10,13,15,18,20H,2,5-6,8,11-12,14,16H2,(H,23,24). The Balaban J connectivity index is 1.57. The molecule has 0 spiro atoms. The lowest BCUT2D eigenvalue weighted by Gasteiger charge is -2.29. The van der Waals surface area contributed by atoms with Gasteiger partial charge in [-0.2, -0.15) is 0 Å². The highest BCUT2D eigenvalue weighted by Crippen LogP contribution is 2.36. The molecule has 2 fully saturated rings. The number of benzene rings is 1. The summed E-state index contributed by atoms with van der Waals surface area (Å²) in [4.78, 5) is 19.7. The number of likely N-dealkylation sites (tertiary alicyclic amines) is 1. The Morgan fingerprint density at radius 3 is 2.58 bits per heavy atom. The van der Waals surface area contributed by atoms with E-state index in [0.29, 0.717) is 6.04 Å². The predicted octanol–water partition coefficient (Wildman–Crippen LogP) is 4.80. The van der Waals surface area contributed by atoms with Crippen LogP contribution in [0.25, 0.3) is 0 Å². The summed E-state index contributed by atoms with van der Waals surface area (Å²) >= 11 is 0. The predicted molar refractivity (Wildman–Crippen MR) is 104 cm³/mol. The molecule has 1 N–H and O–H groups in total. The number of amides is 1. The fourth-order valence-corrected chi connectivity index (χ4v) is 4.33. The quantitative estimate of drug-likeness (QED) is 0.862. The first-order chi connectivity index (χ1) is 12.8. The van der Waals surface area contributed by atoms with Crippen LogP contribution in [0.2, 0.25) is 0 Å². The average Bonchev–Trinajstić information content (AvgIpc) is 3.19. The summed E-state index contributed by atoms with van der Waals surface area (Å²) in [5.41, 5.74) is 1.94. The number of carbonyl (C=O) groups is 1. The summed E-state index contributed by atoms with van der Waals surface area (Å²) in [5, 5.41) is 3.68. The molecule has 1 aromatic heterocycles. The van der Waals surface area contributed by atoms with Gasteiger partial charge in [0.15, 0.2) is 0 Å². The number of rotatable bonds is 4. The van der Waals surface area contributed by atoms with Crippen molar-refractivity contribution in [1.82, 2.24) is 9.88 Å². The van der Waals surface area contributed by atoms with Crippen LogP contribution in [0.15, 0.2) is 48.7 Å². The van der Waals surface area contributed by atoms with Crippen LogP contribution in [0, 0.1) is 0 Å². The van der Waals surface area contributed by atoms with Crippen LogP contribution >= 0.6 is 0 Å². The zero-order valence-electron chi connectivity index (χ0n) is 15.2. The molecule has 1 amide bonds. The number of hydrogen-bond donors (Lipinski definition) is 1. The Bertz CT molecular complexity index is 740. The number of hydrogen-bond acceptors (Lipinski definition) is 3. The third-order valence-electron chi connectivity index (χ3n) is 5.68. The minimum absolute atomic E-state index is 0.113. The van der Waals surface area contributed by atoms with Crippen molar-refractivity contribution < 1.29 is 4.79 Å². The van der Waals surface area contributed by atoms with Gasteiger partial charge in [-0.15, -0.1) is 0 Å².